The number of hydrogen-bond donors (Lipinski definition) is 2. The number of fused-ring (bicyclic) bond motifs is 1. The summed E-state index contributed by atoms with van der Waals surface area (Å²) in [6.07, 6.45) is 5.66. The SMILES string of the molecule is Cn1ccc(=Nc2cccc(C(=O)Nc3ccc(Nc4ccnc5ccccc45)cc3)c2)cc1. The number of nitrogens with zero attached hydrogens (tertiary/aromatic N) is 3. The fraction of sp³-hybridized carbons (Fsp3) is 0.0357. The maximum absolute atomic E-state index is 12.8. The zero-order chi connectivity index (χ0) is 23.3. The van der Waals surface area contributed by atoms with E-state index in [1.165, 1.54) is 0 Å². The fourth-order valence-electron chi connectivity index (χ4n) is 3.63. The van der Waals surface area contributed by atoms with Crippen molar-refractivity contribution in [3.05, 3.63) is 121 Å². The highest BCUT2D eigenvalue weighted by Gasteiger charge is 2.07. The van der Waals surface area contributed by atoms with E-state index in [0.29, 0.717) is 11.3 Å². The molecule has 3 aromatic carbocycles. The molecule has 0 aliphatic rings. The zero-order valence-corrected chi connectivity index (χ0v) is 18.6. The number of para-hydroxylation sites is 1. The molecule has 0 spiro atoms. The minimum atomic E-state index is -0.183. The Kier molecular flexibility index (Phi) is 5.86. The molecule has 0 radical (unpaired) electrons. The maximum atomic E-state index is 12.8. The molecule has 0 bridgehead atoms. The van der Waals surface area contributed by atoms with Crippen LogP contribution in [0.2, 0.25) is 0 Å². The zero-order valence-electron chi connectivity index (χ0n) is 18.6. The number of carbonyl (C=O) groups is 1. The summed E-state index contributed by atoms with van der Waals surface area (Å²) in [6.45, 7) is 0. The lowest BCUT2D eigenvalue weighted by atomic mass is 10.1. The molecule has 2 N–H and O–H groups in total. The van der Waals surface area contributed by atoms with E-state index < -0.39 is 0 Å². The first kappa shape index (κ1) is 21.2. The summed E-state index contributed by atoms with van der Waals surface area (Å²) in [5.74, 6) is -0.183. The third kappa shape index (κ3) is 4.86. The first-order valence-electron chi connectivity index (χ1n) is 10.9. The Morgan fingerprint density at radius 2 is 1.62 bits per heavy atom. The highest BCUT2D eigenvalue weighted by atomic mass is 16.1. The van der Waals surface area contributed by atoms with Gasteiger partial charge in [-0.3, -0.25) is 9.78 Å². The van der Waals surface area contributed by atoms with Crippen LogP contribution in [0, 0.1) is 0 Å². The van der Waals surface area contributed by atoms with Crippen molar-refractivity contribution in [1.82, 2.24) is 9.55 Å². The summed E-state index contributed by atoms with van der Waals surface area (Å²) in [5, 5.41) is 8.27. The van der Waals surface area contributed by atoms with Crippen molar-refractivity contribution in [3.63, 3.8) is 0 Å². The molecule has 2 heterocycles. The van der Waals surface area contributed by atoms with Gasteiger partial charge in [0.05, 0.1) is 16.6 Å². The van der Waals surface area contributed by atoms with E-state index in [4.69, 9.17) is 0 Å². The van der Waals surface area contributed by atoms with Crippen molar-refractivity contribution in [2.24, 2.45) is 12.0 Å². The topological polar surface area (TPSA) is 71.3 Å². The number of anilines is 3. The van der Waals surface area contributed by atoms with Crippen LogP contribution >= 0.6 is 0 Å². The Labute approximate surface area is 197 Å². The molecular formula is C28H23N5O. The van der Waals surface area contributed by atoms with Gasteiger partial charge >= 0.3 is 0 Å². The predicted octanol–water partition coefficient (Wildman–Crippen LogP) is 5.80. The quantitative estimate of drug-likeness (QED) is 0.359. The molecule has 0 atom stereocenters. The molecule has 0 aliphatic carbocycles. The molecule has 0 unspecified atom stereocenters. The second-order valence-electron chi connectivity index (χ2n) is 7.92. The number of pyridine rings is 2. The predicted molar refractivity (Wildman–Crippen MR) is 136 cm³/mol. The van der Waals surface area contributed by atoms with Gasteiger partial charge < -0.3 is 15.2 Å². The van der Waals surface area contributed by atoms with Crippen LogP contribution in [-0.2, 0) is 7.05 Å². The van der Waals surface area contributed by atoms with Crippen molar-refractivity contribution < 1.29 is 4.79 Å². The molecule has 0 aliphatic heterocycles. The minimum Gasteiger partial charge on any atom is -0.357 e. The average Bonchev–Trinajstić information content (AvgIpc) is 2.87. The first-order chi connectivity index (χ1) is 16.6. The van der Waals surface area contributed by atoms with Crippen LogP contribution in [0.25, 0.3) is 10.9 Å². The number of aromatic nitrogens is 2. The van der Waals surface area contributed by atoms with Crippen LogP contribution in [0.15, 0.2) is 115 Å². The lowest BCUT2D eigenvalue weighted by Gasteiger charge is -2.11. The van der Waals surface area contributed by atoms with Gasteiger partial charge in [-0.05, 0) is 66.7 Å². The number of benzene rings is 3. The average molecular weight is 446 g/mol. The summed E-state index contributed by atoms with van der Waals surface area (Å²) >= 11 is 0. The molecule has 0 fully saturated rings. The molecule has 6 heteroatoms. The molecule has 2 aromatic heterocycles. The molecule has 5 aromatic rings. The number of hydrogen-bond acceptors (Lipinski definition) is 4. The number of rotatable bonds is 5. The molecule has 1 amide bonds. The molecule has 0 saturated heterocycles. The molecule has 5 rings (SSSR count). The molecule has 166 valence electrons. The van der Waals surface area contributed by atoms with Crippen molar-refractivity contribution in [3.8, 4) is 0 Å². The first-order valence-corrected chi connectivity index (χ1v) is 10.9. The lowest BCUT2D eigenvalue weighted by Crippen LogP contribution is -2.11. The number of nitrogens with one attached hydrogen (secondary N) is 2. The van der Waals surface area contributed by atoms with Crippen LogP contribution in [0.1, 0.15) is 10.4 Å². The second kappa shape index (κ2) is 9.42. The summed E-state index contributed by atoms with van der Waals surface area (Å²) < 4.78 is 1.95. The second-order valence-corrected chi connectivity index (χ2v) is 7.92. The Morgan fingerprint density at radius 1 is 0.853 bits per heavy atom. The Hall–Kier alpha value is -4.71. The number of aryl methyl sites for hydroxylation is 1. The smallest absolute Gasteiger partial charge is 0.255 e. The van der Waals surface area contributed by atoms with Crippen molar-refractivity contribution in [2.75, 3.05) is 10.6 Å². The molecule has 34 heavy (non-hydrogen) atoms. The molecule has 6 nitrogen and oxygen atoms in total. The van der Waals surface area contributed by atoms with Crippen LogP contribution in [-0.4, -0.2) is 15.5 Å². The Bertz CT molecular complexity index is 1510. The van der Waals surface area contributed by atoms with Crippen molar-refractivity contribution in [1.29, 1.82) is 0 Å². The van der Waals surface area contributed by atoms with Crippen LogP contribution in [0.4, 0.5) is 22.7 Å². The van der Waals surface area contributed by atoms with Gasteiger partial charge in [-0.1, -0.05) is 24.3 Å². The van der Waals surface area contributed by atoms with Crippen molar-refractivity contribution in [2.45, 2.75) is 0 Å². The maximum Gasteiger partial charge on any atom is 0.255 e. The summed E-state index contributed by atoms with van der Waals surface area (Å²) in [4.78, 5) is 21.8. The monoisotopic (exact) mass is 445 g/mol. The summed E-state index contributed by atoms with van der Waals surface area (Å²) in [7, 11) is 1.96. The van der Waals surface area contributed by atoms with Gasteiger partial charge in [0.1, 0.15) is 0 Å². The van der Waals surface area contributed by atoms with Gasteiger partial charge in [-0.2, -0.15) is 0 Å². The number of amides is 1. The van der Waals surface area contributed by atoms with E-state index in [2.05, 4.69) is 20.6 Å². The van der Waals surface area contributed by atoms with Crippen LogP contribution < -0.4 is 16.0 Å². The largest absolute Gasteiger partial charge is 0.357 e. The normalized spacial score (nSPS) is 10.6. The van der Waals surface area contributed by atoms with Crippen molar-refractivity contribution >= 4 is 39.6 Å². The van der Waals surface area contributed by atoms with Gasteiger partial charge in [0.15, 0.2) is 0 Å². The van der Waals surface area contributed by atoms with Gasteiger partial charge in [-0.15, -0.1) is 0 Å². The van der Waals surface area contributed by atoms with E-state index in [1.807, 2.05) is 103 Å². The van der Waals surface area contributed by atoms with E-state index in [-0.39, 0.29) is 5.91 Å². The van der Waals surface area contributed by atoms with E-state index >= 15 is 0 Å². The van der Waals surface area contributed by atoms with Gasteiger partial charge in [0.2, 0.25) is 0 Å². The minimum absolute atomic E-state index is 0.183. The van der Waals surface area contributed by atoms with E-state index in [9.17, 15) is 4.79 Å². The molecule has 0 saturated carbocycles. The van der Waals surface area contributed by atoms with Crippen LogP contribution in [0.3, 0.4) is 0 Å². The Morgan fingerprint density at radius 3 is 2.44 bits per heavy atom. The van der Waals surface area contributed by atoms with E-state index in [1.54, 1.807) is 18.3 Å². The highest BCUT2D eigenvalue weighted by Crippen LogP contribution is 2.25. The standard InChI is InChI=1S/C28H23N5O/c1-33-17-14-23(15-18-33)30-24-6-4-5-20(19-24)28(34)32-22-11-9-21(10-12-22)31-27-13-16-29-26-8-3-2-7-25(26)27/h2-19H,1H3,(H,29,31)(H,32,34). The summed E-state index contributed by atoms with van der Waals surface area (Å²) in [5.41, 5.74) is 4.83. The number of carbonyl (C=O) groups excluding carboxylic acids is 1. The fourth-order valence-corrected chi connectivity index (χ4v) is 3.63. The van der Waals surface area contributed by atoms with Gasteiger partial charge in [0, 0.05) is 53.7 Å². The third-order valence-corrected chi connectivity index (χ3v) is 5.40. The highest BCUT2D eigenvalue weighted by molar-refractivity contribution is 6.04. The van der Waals surface area contributed by atoms with E-state index in [0.717, 1.165) is 33.3 Å². The third-order valence-electron chi connectivity index (χ3n) is 5.40. The van der Waals surface area contributed by atoms with Gasteiger partial charge in [0.25, 0.3) is 5.91 Å². The van der Waals surface area contributed by atoms with Gasteiger partial charge in [-0.25, -0.2) is 4.99 Å². The van der Waals surface area contributed by atoms with Crippen LogP contribution in [0.5, 0.6) is 0 Å². The summed E-state index contributed by atoms with van der Waals surface area (Å²) in [6, 6.07) is 28.7. The Balaban J connectivity index is 1.29. The lowest BCUT2D eigenvalue weighted by molar-refractivity contribution is 0.102. The molecular weight excluding hydrogens is 422 g/mol.